The number of nitrogens with one attached hydrogen (secondary N) is 1. The van der Waals surface area contributed by atoms with Gasteiger partial charge in [0.15, 0.2) is 0 Å². The first kappa shape index (κ1) is 13.2. The first-order valence-electron chi connectivity index (χ1n) is 5.77. The number of pyridine rings is 1. The maximum absolute atomic E-state index is 10.9. The van der Waals surface area contributed by atoms with E-state index < -0.39 is 22.1 Å². The predicted octanol–water partition coefficient (Wildman–Crippen LogP) is 0.871. The van der Waals surface area contributed by atoms with Gasteiger partial charge in [0.05, 0.1) is 11.0 Å². The number of nitro groups is 1. The molecule has 0 atom stereocenters. The molecule has 3 N–H and O–H groups in total. The van der Waals surface area contributed by atoms with Crippen molar-refractivity contribution in [1.82, 2.24) is 4.98 Å². The van der Waals surface area contributed by atoms with Crippen LogP contribution in [0.4, 0.5) is 11.5 Å². The number of aromatic nitrogens is 1. The van der Waals surface area contributed by atoms with Crippen LogP contribution in [0.15, 0.2) is 12.3 Å². The van der Waals surface area contributed by atoms with E-state index in [1.807, 2.05) is 0 Å². The molecule has 0 amide bonds. The summed E-state index contributed by atoms with van der Waals surface area (Å²) in [5, 5.41) is 31.6. The molecule has 0 aliphatic heterocycles. The van der Waals surface area contributed by atoms with Crippen LogP contribution in [0, 0.1) is 16.0 Å². The summed E-state index contributed by atoms with van der Waals surface area (Å²) in [6.07, 6.45) is 2.07. The first-order valence-corrected chi connectivity index (χ1v) is 5.77. The number of aromatic carboxylic acids is 1. The largest absolute Gasteiger partial charge is 0.477 e. The minimum absolute atomic E-state index is 0.258. The SMILES string of the molecule is O=C(O)c1cc(NCC2CC(O)C2)ncc1[N+](=O)[O-]. The Balaban J connectivity index is 2.07. The van der Waals surface area contributed by atoms with Crippen molar-refractivity contribution in [2.75, 3.05) is 11.9 Å². The Kier molecular flexibility index (Phi) is 3.61. The lowest BCUT2D eigenvalue weighted by Gasteiger charge is -2.31. The smallest absolute Gasteiger partial charge is 0.342 e. The van der Waals surface area contributed by atoms with Gasteiger partial charge in [0, 0.05) is 12.6 Å². The Labute approximate surface area is 108 Å². The van der Waals surface area contributed by atoms with Crippen molar-refractivity contribution in [3.63, 3.8) is 0 Å². The molecule has 0 unspecified atom stereocenters. The van der Waals surface area contributed by atoms with Crippen LogP contribution in [-0.4, -0.2) is 38.7 Å². The summed E-state index contributed by atoms with van der Waals surface area (Å²) < 4.78 is 0. The van der Waals surface area contributed by atoms with Gasteiger partial charge in [-0.15, -0.1) is 0 Å². The highest BCUT2D eigenvalue weighted by Crippen LogP contribution is 2.27. The van der Waals surface area contributed by atoms with Crippen molar-refractivity contribution in [2.24, 2.45) is 5.92 Å². The van der Waals surface area contributed by atoms with E-state index in [4.69, 9.17) is 10.2 Å². The molecule has 19 heavy (non-hydrogen) atoms. The van der Waals surface area contributed by atoms with Gasteiger partial charge in [0.2, 0.25) is 0 Å². The van der Waals surface area contributed by atoms with Crippen molar-refractivity contribution < 1.29 is 19.9 Å². The third-order valence-electron chi connectivity index (χ3n) is 3.09. The normalized spacial score (nSPS) is 21.5. The molecule has 1 saturated carbocycles. The van der Waals surface area contributed by atoms with Crippen LogP contribution < -0.4 is 5.32 Å². The Morgan fingerprint density at radius 1 is 1.58 bits per heavy atom. The summed E-state index contributed by atoms with van der Waals surface area (Å²) in [7, 11) is 0. The number of carboxylic acids is 1. The van der Waals surface area contributed by atoms with Crippen LogP contribution in [0.2, 0.25) is 0 Å². The molecule has 0 bridgehead atoms. The van der Waals surface area contributed by atoms with Gasteiger partial charge in [-0.1, -0.05) is 0 Å². The highest BCUT2D eigenvalue weighted by molar-refractivity contribution is 5.93. The minimum atomic E-state index is -1.36. The summed E-state index contributed by atoms with van der Waals surface area (Å²) in [6, 6.07) is 1.15. The molecule has 0 saturated heterocycles. The third kappa shape index (κ3) is 2.97. The van der Waals surface area contributed by atoms with Crippen molar-refractivity contribution in [3.05, 3.63) is 27.9 Å². The van der Waals surface area contributed by atoms with E-state index in [9.17, 15) is 14.9 Å². The van der Waals surface area contributed by atoms with Gasteiger partial charge in [0.1, 0.15) is 17.6 Å². The molecule has 1 aliphatic carbocycles. The van der Waals surface area contributed by atoms with E-state index in [1.165, 1.54) is 0 Å². The fourth-order valence-electron chi connectivity index (χ4n) is 1.98. The van der Waals surface area contributed by atoms with E-state index in [0.29, 0.717) is 25.3 Å². The molecule has 1 heterocycles. The predicted molar refractivity (Wildman–Crippen MR) is 65.1 cm³/mol. The number of rotatable bonds is 5. The Morgan fingerprint density at radius 3 is 2.79 bits per heavy atom. The Hall–Kier alpha value is -2.22. The number of aliphatic hydroxyl groups is 1. The zero-order valence-corrected chi connectivity index (χ0v) is 9.94. The van der Waals surface area contributed by atoms with Crippen molar-refractivity contribution >= 4 is 17.5 Å². The molecule has 8 heteroatoms. The second kappa shape index (κ2) is 5.19. The lowest BCUT2D eigenvalue weighted by atomic mass is 9.82. The minimum Gasteiger partial charge on any atom is -0.477 e. The molecule has 1 aromatic heterocycles. The van der Waals surface area contributed by atoms with Gasteiger partial charge in [-0.05, 0) is 18.8 Å². The van der Waals surface area contributed by atoms with Crippen molar-refractivity contribution in [2.45, 2.75) is 18.9 Å². The van der Waals surface area contributed by atoms with Crippen LogP contribution >= 0.6 is 0 Å². The number of hydrogen-bond acceptors (Lipinski definition) is 6. The quantitative estimate of drug-likeness (QED) is 0.533. The standard InChI is InChI=1S/C11H13N3O5/c15-7-1-6(2-7)4-12-10-3-8(11(16)17)9(5-13-10)14(18)19/h3,5-7,15H,1-2,4H2,(H,12,13)(H,16,17). The highest BCUT2D eigenvalue weighted by atomic mass is 16.6. The third-order valence-corrected chi connectivity index (χ3v) is 3.09. The second-order valence-electron chi connectivity index (χ2n) is 4.52. The summed E-state index contributed by atoms with van der Waals surface area (Å²) in [5.74, 6) is -0.763. The van der Waals surface area contributed by atoms with E-state index in [1.54, 1.807) is 0 Å². The average molecular weight is 267 g/mol. The van der Waals surface area contributed by atoms with Gasteiger partial charge in [-0.2, -0.15) is 0 Å². The van der Waals surface area contributed by atoms with Gasteiger partial charge >= 0.3 is 11.7 Å². The van der Waals surface area contributed by atoms with E-state index in [2.05, 4.69) is 10.3 Å². The fourth-order valence-corrected chi connectivity index (χ4v) is 1.98. The highest BCUT2D eigenvalue weighted by Gasteiger charge is 2.27. The zero-order valence-electron chi connectivity index (χ0n) is 9.94. The van der Waals surface area contributed by atoms with Crippen LogP contribution in [0.25, 0.3) is 0 Å². The molecule has 0 aromatic carbocycles. The number of aliphatic hydroxyl groups excluding tert-OH is 1. The molecule has 102 valence electrons. The maximum atomic E-state index is 10.9. The van der Waals surface area contributed by atoms with Crippen LogP contribution in [0.3, 0.4) is 0 Å². The first-order chi connectivity index (χ1) is 8.97. The lowest BCUT2D eigenvalue weighted by Crippen LogP contribution is -2.33. The van der Waals surface area contributed by atoms with Gasteiger partial charge in [-0.3, -0.25) is 10.1 Å². The number of carboxylic acid groups (broad SMARTS) is 1. The van der Waals surface area contributed by atoms with Gasteiger partial charge in [0.25, 0.3) is 0 Å². The molecular formula is C11H13N3O5. The van der Waals surface area contributed by atoms with E-state index in [0.717, 1.165) is 12.3 Å². The maximum Gasteiger partial charge on any atom is 0.342 e. The fraction of sp³-hybridized carbons (Fsp3) is 0.455. The molecule has 2 rings (SSSR count). The average Bonchev–Trinajstić information content (AvgIpc) is 2.32. The number of carbonyl (C=O) groups is 1. The van der Waals surface area contributed by atoms with Crippen molar-refractivity contribution in [3.8, 4) is 0 Å². The Bertz CT molecular complexity index is 513. The van der Waals surface area contributed by atoms with Crippen LogP contribution in [0.5, 0.6) is 0 Å². The van der Waals surface area contributed by atoms with E-state index >= 15 is 0 Å². The molecule has 8 nitrogen and oxygen atoms in total. The second-order valence-corrected chi connectivity index (χ2v) is 4.52. The molecule has 1 fully saturated rings. The topological polar surface area (TPSA) is 126 Å². The van der Waals surface area contributed by atoms with Gasteiger partial charge < -0.3 is 15.5 Å². The Morgan fingerprint density at radius 2 is 2.26 bits per heavy atom. The molecule has 1 aliphatic rings. The van der Waals surface area contributed by atoms with Crippen LogP contribution in [-0.2, 0) is 0 Å². The summed E-state index contributed by atoms with van der Waals surface area (Å²) in [5.41, 5.74) is -0.923. The summed E-state index contributed by atoms with van der Waals surface area (Å²) in [6.45, 7) is 0.556. The van der Waals surface area contributed by atoms with Crippen LogP contribution in [0.1, 0.15) is 23.2 Å². The van der Waals surface area contributed by atoms with Gasteiger partial charge in [-0.25, -0.2) is 9.78 Å². The summed E-state index contributed by atoms with van der Waals surface area (Å²) in [4.78, 5) is 24.6. The molecule has 0 spiro atoms. The zero-order chi connectivity index (χ0) is 14.0. The van der Waals surface area contributed by atoms with Crippen molar-refractivity contribution in [1.29, 1.82) is 0 Å². The number of nitrogens with zero attached hydrogens (tertiary/aromatic N) is 2. The summed E-state index contributed by atoms with van der Waals surface area (Å²) >= 11 is 0. The lowest BCUT2D eigenvalue weighted by molar-refractivity contribution is -0.385. The number of anilines is 1. The molecular weight excluding hydrogens is 254 g/mol. The number of hydrogen-bond donors (Lipinski definition) is 3. The molecule has 0 radical (unpaired) electrons. The van der Waals surface area contributed by atoms with E-state index in [-0.39, 0.29) is 11.9 Å². The molecule has 1 aromatic rings. The monoisotopic (exact) mass is 267 g/mol.